The van der Waals surface area contributed by atoms with Gasteiger partial charge in [-0.3, -0.25) is 4.99 Å². The molecule has 4 heteroatoms. The molecule has 2 unspecified atom stereocenters. The van der Waals surface area contributed by atoms with Gasteiger partial charge in [0.05, 0.1) is 13.2 Å². The lowest BCUT2D eigenvalue weighted by Crippen LogP contribution is -2.33. The Morgan fingerprint density at radius 3 is 3.08 bits per heavy atom. The fraction of sp³-hybridized carbons (Fsp3) is 0.875. The fourth-order valence-electron chi connectivity index (χ4n) is 1.06. The lowest BCUT2D eigenvalue weighted by molar-refractivity contribution is 0.179. The molecule has 1 aliphatic heterocycles. The van der Waals surface area contributed by atoms with Crippen LogP contribution in [0.1, 0.15) is 13.8 Å². The number of aliphatic imine (C=N–C) groups is 1. The summed E-state index contributed by atoms with van der Waals surface area (Å²) >= 11 is 1.80. The Bertz CT molecular complexity index is 172. The second-order valence-electron chi connectivity index (χ2n) is 3.08. The van der Waals surface area contributed by atoms with Crippen molar-refractivity contribution < 1.29 is 4.74 Å². The number of rotatable bonds is 3. The molecule has 0 aliphatic carbocycles. The molecule has 1 heterocycles. The number of hydrogen-bond donors (Lipinski definition) is 1. The average Bonchev–Trinajstić information content (AvgIpc) is 2.36. The van der Waals surface area contributed by atoms with Crippen molar-refractivity contribution in [3.8, 4) is 0 Å². The summed E-state index contributed by atoms with van der Waals surface area (Å²) in [6.45, 7) is 5.94. The first-order valence-corrected chi connectivity index (χ1v) is 5.07. The second-order valence-corrected chi connectivity index (χ2v) is 4.50. The molecule has 0 amide bonds. The Morgan fingerprint density at radius 2 is 2.58 bits per heavy atom. The van der Waals surface area contributed by atoms with Crippen LogP contribution in [0.3, 0.4) is 0 Å². The number of thioether (sulfide) groups is 1. The van der Waals surface area contributed by atoms with E-state index in [1.165, 1.54) is 0 Å². The van der Waals surface area contributed by atoms with Gasteiger partial charge in [-0.25, -0.2) is 0 Å². The normalized spacial score (nSPS) is 25.2. The lowest BCUT2D eigenvalue weighted by Gasteiger charge is -2.13. The third kappa shape index (κ3) is 3.03. The summed E-state index contributed by atoms with van der Waals surface area (Å²) in [5, 5.41) is 4.99. The smallest absolute Gasteiger partial charge is 0.157 e. The molecule has 70 valence electrons. The first-order valence-electron chi connectivity index (χ1n) is 4.19. The van der Waals surface area contributed by atoms with Crippen molar-refractivity contribution in [1.82, 2.24) is 5.32 Å². The molecule has 0 bridgehead atoms. The second kappa shape index (κ2) is 4.72. The van der Waals surface area contributed by atoms with Crippen molar-refractivity contribution in [3.05, 3.63) is 0 Å². The molecule has 1 rings (SSSR count). The van der Waals surface area contributed by atoms with E-state index < -0.39 is 0 Å². The SMILES string of the molecule is COCC(C)NC1=NCC(C)S1. The monoisotopic (exact) mass is 188 g/mol. The van der Waals surface area contributed by atoms with Crippen LogP contribution in [-0.4, -0.2) is 36.7 Å². The predicted molar refractivity (Wildman–Crippen MR) is 53.8 cm³/mol. The highest BCUT2D eigenvalue weighted by molar-refractivity contribution is 8.14. The van der Waals surface area contributed by atoms with Gasteiger partial charge in [0.25, 0.3) is 0 Å². The molecule has 0 aromatic rings. The van der Waals surface area contributed by atoms with Crippen molar-refractivity contribution in [2.24, 2.45) is 4.99 Å². The van der Waals surface area contributed by atoms with E-state index in [0.717, 1.165) is 18.3 Å². The van der Waals surface area contributed by atoms with E-state index in [1.807, 2.05) is 0 Å². The summed E-state index contributed by atoms with van der Waals surface area (Å²) in [7, 11) is 1.71. The van der Waals surface area contributed by atoms with Gasteiger partial charge in [-0.15, -0.1) is 0 Å². The van der Waals surface area contributed by atoms with E-state index in [4.69, 9.17) is 4.74 Å². The molecule has 0 aromatic heterocycles. The maximum Gasteiger partial charge on any atom is 0.157 e. The third-order valence-corrected chi connectivity index (χ3v) is 2.61. The maximum absolute atomic E-state index is 5.01. The zero-order valence-corrected chi connectivity index (χ0v) is 8.65. The van der Waals surface area contributed by atoms with Crippen LogP contribution in [-0.2, 0) is 4.74 Å². The average molecular weight is 188 g/mol. The Morgan fingerprint density at radius 1 is 1.83 bits per heavy atom. The Kier molecular flexibility index (Phi) is 3.88. The molecule has 2 atom stereocenters. The first kappa shape index (κ1) is 9.86. The zero-order chi connectivity index (χ0) is 8.97. The van der Waals surface area contributed by atoms with Gasteiger partial charge in [0.2, 0.25) is 0 Å². The molecule has 1 aliphatic rings. The van der Waals surface area contributed by atoms with E-state index in [0.29, 0.717) is 11.3 Å². The van der Waals surface area contributed by atoms with Crippen LogP contribution in [0.25, 0.3) is 0 Å². The molecule has 0 radical (unpaired) electrons. The van der Waals surface area contributed by atoms with Gasteiger partial charge in [0.1, 0.15) is 0 Å². The highest BCUT2D eigenvalue weighted by atomic mass is 32.2. The Labute approximate surface area is 78.0 Å². The summed E-state index contributed by atoms with van der Waals surface area (Å²) in [6, 6.07) is 0.353. The van der Waals surface area contributed by atoms with Gasteiger partial charge < -0.3 is 10.1 Å². The summed E-state index contributed by atoms with van der Waals surface area (Å²) in [5.74, 6) is 0. The molecule has 0 saturated carbocycles. The van der Waals surface area contributed by atoms with Gasteiger partial charge in [0.15, 0.2) is 5.17 Å². The minimum Gasteiger partial charge on any atom is -0.383 e. The molecule has 0 fully saturated rings. The van der Waals surface area contributed by atoms with Crippen LogP contribution in [0.5, 0.6) is 0 Å². The standard InChI is InChI=1S/C8H16N2OS/c1-6(5-11-3)10-8-9-4-7(2)12-8/h6-7H,4-5H2,1-3H3,(H,9,10). The van der Waals surface area contributed by atoms with E-state index in [9.17, 15) is 0 Å². The quantitative estimate of drug-likeness (QED) is 0.720. The predicted octanol–water partition coefficient (Wildman–Crippen LogP) is 1.10. The van der Waals surface area contributed by atoms with Gasteiger partial charge in [-0.2, -0.15) is 0 Å². The summed E-state index contributed by atoms with van der Waals surface area (Å²) in [6.07, 6.45) is 0. The number of nitrogens with zero attached hydrogens (tertiary/aromatic N) is 1. The Balaban J connectivity index is 2.22. The van der Waals surface area contributed by atoms with E-state index in [1.54, 1.807) is 18.9 Å². The fourth-order valence-corrected chi connectivity index (χ4v) is 2.01. The molecular formula is C8H16N2OS. The summed E-state index contributed by atoms with van der Waals surface area (Å²) in [4.78, 5) is 4.35. The number of hydrogen-bond acceptors (Lipinski definition) is 4. The number of ether oxygens (including phenoxy) is 1. The van der Waals surface area contributed by atoms with Crippen molar-refractivity contribution in [3.63, 3.8) is 0 Å². The Hall–Kier alpha value is -0.220. The van der Waals surface area contributed by atoms with Crippen molar-refractivity contribution in [2.75, 3.05) is 20.3 Å². The molecule has 0 spiro atoms. The molecule has 1 N–H and O–H groups in total. The minimum absolute atomic E-state index is 0.353. The lowest BCUT2D eigenvalue weighted by atomic mass is 10.4. The topological polar surface area (TPSA) is 33.6 Å². The highest BCUT2D eigenvalue weighted by Gasteiger charge is 2.15. The molecule has 3 nitrogen and oxygen atoms in total. The zero-order valence-electron chi connectivity index (χ0n) is 7.83. The number of methoxy groups -OCH3 is 1. The number of nitrogens with one attached hydrogen (secondary N) is 1. The minimum atomic E-state index is 0.353. The van der Waals surface area contributed by atoms with Crippen molar-refractivity contribution in [1.29, 1.82) is 0 Å². The van der Waals surface area contributed by atoms with E-state index >= 15 is 0 Å². The number of amidine groups is 1. The first-order chi connectivity index (χ1) is 5.72. The highest BCUT2D eigenvalue weighted by Crippen LogP contribution is 2.18. The van der Waals surface area contributed by atoms with Crippen LogP contribution < -0.4 is 5.32 Å². The van der Waals surface area contributed by atoms with Crippen LogP contribution in [0.15, 0.2) is 4.99 Å². The van der Waals surface area contributed by atoms with Gasteiger partial charge >= 0.3 is 0 Å². The van der Waals surface area contributed by atoms with E-state index in [2.05, 4.69) is 24.2 Å². The van der Waals surface area contributed by atoms with Gasteiger partial charge in [-0.1, -0.05) is 18.7 Å². The van der Waals surface area contributed by atoms with Crippen molar-refractivity contribution in [2.45, 2.75) is 25.1 Å². The third-order valence-electron chi connectivity index (χ3n) is 1.59. The van der Waals surface area contributed by atoms with Crippen LogP contribution in [0.2, 0.25) is 0 Å². The van der Waals surface area contributed by atoms with Crippen molar-refractivity contribution >= 4 is 16.9 Å². The maximum atomic E-state index is 5.01. The van der Waals surface area contributed by atoms with Gasteiger partial charge in [0, 0.05) is 18.4 Å². The molecule has 12 heavy (non-hydrogen) atoms. The van der Waals surface area contributed by atoms with Crippen LogP contribution >= 0.6 is 11.8 Å². The van der Waals surface area contributed by atoms with Crippen LogP contribution in [0, 0.1) is 0 Å². The molecular weight excluding hydrogens is 172 g/mol. The largest absolute Gasteiger partial charge is 0.383 e. The van der Waals surface area contributed by atoms with E-state index in [-0.39, 0.29) is 0 Å². The molecule has 0 saturated heterocycles. The van der Waals surface area contributed by atoms with Gasteiger partial charge in [-0.05, 0) is 6.92 Å². The summed E-state index contributed by atoms with van der Waals surface area (Å²) in [5.41, 5.74) is 0. The molecule has 0 aromatic carbocycles. The van der Waals surface area contributed by atoms with Crippen LogP contribution in [0.4, 0.5) is 0 Å². The summed E-state index contributed by atoms with van der Waals surface area (Å²) < 4.78 is 5.01.